The third-order valence-electron chi connectivity index (χ3n) is 2.55. The Hall–Kier alpha value is -2.70. The summed E-state index contributed by atoms with van der Waals surface area (Å²) in [5.74, 6) is -1.53. The van der Waals surface area contributed by atoms with Crippen LogP contribution in [0.1, 0.15) is 16.1 Å². The molecule has 7 nitrogen and oxygen atoms in total. The molecule has 1 heterocycles. The van der Waals surface area contributed by atoms with Crippen molar-refractivity contribution >= 4 is 17.6 Å². The lowest BCUT2D eigenvalue weighted by Gasteiger charge is -2.08. The average Bonchev–Trinajstić information content (AvgIpc) is 2.80. The molecular formula is C12H12N4O3. The number of aromatic carboxylic acids is 1. The highest BCUT2D eigenvalue weighted by molar-refractivity contribution is 5.92. The first-order valence-electron chi connectivity index (χ1n) is 5.55. The second kappa shape index (κ2) is 5.30. The maximum absolute atomic E-state index is 11.8. The van der Waals surface area contributed by atoms with E-state index in [1.54, 1.807) is 12.1 Å². The molecule has 1 amide bonds. The molecule has 7 heteroatoms. The Kier molecular flexibility index (Phi) is 3.56. The molecule has 0 bridgehead atoms. The van der Waals surface area contributed by atoms with Gasteiger partial charge in [-0.25, -0.2) is 9.48 Å². The number of hydrogen-bond acceptors (Lipinski definition) is 4. The van der Waals surface area contributed by atoms with E-state index in [4.69, 9.17) is 5.11 Å². The van der Waals surface area contributed by atoms with Gasteiger partial charge in [0.05, 0.1) is 6.20 Å². The molecule has 2 rings (SSSR count). The maximum atomic E-state index is 11.8. The van der Waals surface area contributed by atoms with Crippen LogP contribution >= 0.6 is 0 Å². The van der Waals surface area contributed by atoms with Crippen LogP contribution in [-0.4, -0.2) is 32.0 Å². The van der Waals surface area contributed by atoms with E-state index in [9.17, 15) is 9.59 Å². The van der Waals surface area contributed by atoms with Crippen molar-refractivity contribution in [1.29, 1.82) is 0 Å². The van der Waals surface area contributed by atoms with Crippen molar-refractivity contribution in [3.63, 3.8) is 0 Å². The Morgan fingerprint density at radius 1 is 1.37 bits per heavy atom. The zero-order chi connectivity index (χ0) is 13.8. The van der Waals surface area contributed by atoms with Gasteiger partial charge in [-0.3, -0.25) is 4.79 Å². The highest BCUT2D eigenvalue weighted by Gasteiger charge is 2.14. The number of carboxylic acid groups (broad SMARTS) is 1. The van der Waals surface area contributed by atoms with E-state index in [2.05, 4.69) is 15.6 Å². The lowest BCUT2D eigenvalue weighted by molar-refractivity contribution is -0.116. The first-order chi connectivity index (χ1) is 9.08. The summed E-state index contributed by atoms with van der Waals surface area (Å²) in [6.45, 7) is 1.67. The number of nitrogens with zero attached hydrogens (tertiary/aromatic N) is 3. The minimum Gasteiger partial charge on any atom is -0.476 e. The Morgan fingerprint density at radius 3 is 2.79 bits per heavy atom. The summed E-state index contributed by atoms with van der Waals surface area (Å²) in [5, 5.41) is 18.6. The highest BCUT2D eigenvalue weighted by Crippen LogP contribution is 2.13. The third kappa shape index (κ3) is 2.95. The lowest BCUT2D eigenvalue weighted by Crippen LogP contribution is -2.22. The topological polar surface area (TPSA) is 97.1 Å². The highest BCUT2D eigenvalue weighted by atomic mass is 16.4. The van der Waals surface area contributed by atoms with Crippen molar-refractivity contribution in [2.75, 3.05) is 5.32 Å². The van der Waals surface area contributed by atoms with Crippen LogP contribution in [0.2, 0.25) is 0 Å². The molecule has 0 aliphatic rings. The van der Waals surface area contributed by atoms with E-state index >= 15 is 0 Å². The molecule has 1 aromatic carbocycles. The third-order valence-corrected chi connectivity index (χ3v) is 2.55. The number of amides is 1. The lowest BCUT2D eigenvalue weighted by atomic mass is 10.2. The molecule has 0 spiro atoms. The molecule has 0 unspecified atom stereocenters. The summed E-state index contributed by atoms with van der Waals surface area (Å²) in [7, 11) is 0. The van der Waals surface area contributed by atoms with Crippen molar-refractivity contribution in [1.82, 2.24) is 15.0 Å². The summed E-state index contributed by atoms with van der Waals surface area (Å²) in [6, 6.07) is 7.31. The maximum Gasteiger partial charge on any atom is 0.355 e. The Labute approximate surface area is 108 Å². The van der Waals surface area contributed by atoms with Crippen LogP contribution in [0.25, 0.3) is 0 Å². The van der Waals surface area contributed by atoms with E-state index in [-0.39, 0.29) is 18.1 Å². The fourth-order valence-corrected chi connectivity index (χ4v) is 1.58. The predicted molar refractivity (Wildman–Crippen MR) is 66.8 cm³/mol. The van der Waals surface area contributed by atoms with Crippen LogP contribution in [-0.2, 0) is 11.3 Å². The standard InChI is InChI=1S/C12H12N4O3/c1-8-4-2-3-5-9(8)14-11(17)7-16-10(12(18)19)6-13-15-16/h2-6H,7H2,1H3,(H,14,17)(H,18,19). The summed E-state index contributed by atoms with van der Waals surface area (Å²) < 4.78 is 1.04. The molecule has 0 saturated carbocycles. The van der Waals surface area contributed by atoms with Gasteiger partial charge in [-0.2, -0.15) is 0 Å². The minimum atomic E-state index is -1.17. The fraction of sp³-hybridized carbons (Fsp3) is 0.167. The van der Waals surface area contributed by atoms with Gasteiger partial charge in [-0.05, 0) is 18.6 Å². The predicted octanol–water partition coefficient (Wildman–Crippen LogP) is 0.923. The number of carbonyl (C=O) groups excluding carboxylic acids is 1. The number of aromatic nitrogens is 3. The molecule has 0 aliphatic heterocycles. The van der Waals surface area contributed by atoms with Crippen molar-refractivity contribution in [3.05, 3.63) is 41.7 Å². The smallest absolute Gasteiger partial charge is 0.355 e. The number of aryl methyl sites for hydroxylation is 1. The zero-order valence-corrected chi connectivity index (χ0v) is 10.2. The summed E-state index contributed by atoms with van der Waals surface area (Å²) in [6.07, 6.45) is 1.10. The molecular weight excluding hydrogens is 248 g/mol. The van der Waals surface area contributed by atoms with Crippen LogP contribution < -0.4 is 5.32 Å². The number of hydrogen-bond donors (Lipinski definition) is 2. The van der Waals surface area contributed by atoms with Crippen LogP contribution in [0.3, 0.4) is 0 Å². The summed E-state index contributed by atoms with van der Waals surface area (Å²) >= 11 is 0. The zero-order valence-electron chi connectivity index (χ0n) is 10.2. The van der Waals surface area contributed by atoms with Gasteiger partial charge in [-0.1, -0.05) is 23.4 Å². The van der Waals surface area contributed by atoms with Gasteiger partial charge < -0.3 is 10.4 Å². The summed E-state index contributed by atoms with van der Waals surface area (Å²) in [4.78, 5) is 22.7. The largest absolute Gasteiger partial charge is 0.476 e. The molecule has 0 radical (unpaired) electrons. The van der Waals surface area contributed by atoms with Crippen molar-refractivity contribution in [2.24, 2.45) is 0 Å². The molecule has 0 aliphatic carbocycles. The first-order valence-corrected chi connectivity index (χ1v) is 5.55. The van der Waals surface area contributed by atoms with Crippen LogP contribution in [0, 0.1) is 6.92 Å². The Bertz CT molecular complexity index is 621. The van der Waals surface area contributed by atoms with Crippen molar-refractivity contribution in [2.45, 2.75) is 13.5 Å². The molecule has 0 saturated heterocycles. The Morgan fingerprint density at radius 2 is 2.11 bits per heavy atom. The molecule has 19 heavy (non-hydrogen) atoms. The molecule has 2 aromatic rings. The molecule has 0 atom stereocenters. The SMILES string of the molecule is Cc1ccccc1NC(=O)Cn1nncc1C(=O)O. The van der Waals surface area contributed by atoms with Gasteiger partial charge in [0.2, 0.25) is 5.91 Å². The van der Waals surface area contributed by atoms with E-state index in [1.165, 1.54) is 0 Å². The normalized spacial score (nSPS) is 10.2. The monoisotopic (exact) mass is 260 g/mol. The van der Waals surface area contributed by atoms with Gasteiger partial charge in [0.15, 0.2) is 5.69 Å². The van der Waals surface area contributed by atoms with Gasteiger partial charge in [0.25, 0.3) is 0 Å². The van der Waals surface area contributed by atoms with Crippen LogP contribution in [0.5, 0.6) is 0 Å². The van der Waals surface area contributed by atoms with Crippen LogP contribution in [0.4, 0.5) is 5.69 Å². The first kappa shape index (κ1) is 12.7. The Balaban J connectivity index is 2.08. The second-order valence-electron chi connectivity index (χ2n) is 3.95. The van der Waals surface area contributed by atoms with Crippen molar-refractivity contribution < 1.29 is 14.7 Å². The van der Waals surface area contributed by atoms with Gasteiger partial charge in [-0.15, -0.1) is 5.10 Å². The van der Waals surface area contributed by atoms with Gasteiger partial charge in [0.1, 0.15) is 6.54 Å². The molecule has 1 aromatic heterocycles. The summed E-state index contributed by atoms with van der Waals surface area (Å²) in [5.41, 5.74) is 1.48. The number of anilines is 1. The number of nitrogens with one attached hydrogen (secondary N) is 1. The number of benzene rings is 1. The molecule has 2 N–H and O–H groups in total. The number of para-hydroxylation sites is 1. The minimum absolute atomic E-state index is 0.125. The van der Waals surface area contributed by atoms with E-state index in [1.807, 2.05) is 19.1 Å². The van der Waals surface area contributed by atoms with E-state index in [0.29, 0.717) is 5.69 Å². The second-order valence-corrected chi connectivity index (χ2v) is 3.95. The van der Waals surface area contributed by atoms with Gasteiger partial charge in [0, 0.05) is 5.69 Å². The quantitative estimate of drug-likeness (QED) is 0.852. The average molecular weight is 260 g/mol. The fourth-order valence-electron chi connectivity index (χ4n) is 1.58. The number of carbonyl (C=O) groups is 2. The van der Waals surface area contributed by atoms with Crippen LogP contribution in [0.15, 0.2) is 30.5 Å². The molecule has 0 fully saturated rings. The van der Waals surface area contributed by atoms with E-state index in [0.717, 1.165) is 16.4 Å². The molecule has 98 valence electrons. The van der Waals surface area contributed by atoms with Crippen molar-refractivity contribution in [3.8, 4) is 0 Å². The number of rotatable bonds is 4. The number of carboxylic acids is 1. The van der Waals surface area contributed by atoms with E-state index < -0.39 is 5.97 Å². The van der Waals surface area contributed by atoms with Gasteiger partial charge >= 0.3 is 5.97 Å².